The lowest BCUT2D eigenvalue weighted by Crippen LogP contribution is -2.35. The van der Waals surface area contributed by atoms with Crippen molar-refractivity contribution < 1.29 is 14.7 Å². The highest BCUT2D eigenvalue weighted by molar-refractivity contribution is 5.78. The fourth-order valence-corrected chi connectivity index (χ4v) is 4.27. The first kappa shape index (κ1) is 16.3. The van der Waals surface area contributed by atoms with Crippen LogP contribution in [0.2, 0.25) is 0 Å². The summed E-state index contributed by atoms with van der Waals surface area (Å²) in [7, 11) is 0. The third-order valence-corrected chi connectivity index (χ3v) is 5.36. The van der Waals surface area contributed by atoms with Gasteiger partial charge in [0.2, 0.25) is 5.91 Å². The standard InChI is InChI=1S/C17H29NO3/c1-13-5-4-6-14(9-13)12-18-15(19)10-17(11-16(20)21)7-2-3-8-17/h13-14H,2-12H2,1H3,(H,18,19)(H,20,21). The van der Waals surface area contributed by atoms with Crippen LogP contribution in [0.5, 0.6) is 0 Å². The predicted molar refractivity (Wildman–Crippen MR) is 81.9 cm³/mol. The molecular weight excluding hydrogens is 266 g/mol. The van der Waals surface area contributed by atoms with Crippen molar-refractivity contribution >= 4 is 11.9 Å². The van der Waals surface area contributed by atoms with Crippen LogP contribution in [0.3, 0.4) is 0 Å². The Morgan fingerprint density at radius 3 is 2.48 bits per heavy atom. The predicted octanol–water partition coefficient (Wildman–Crippen LogP) is 3.35. The summed E-state index contributed by atoms with van der Waals surface area (Å²) in [4.78, 5) is 23.3. The Balaban J connectivity index is 1.78. The van der Waals surface area contributed by atoms with Crippen LogP contribution in [0.15, 0.2) is 0 Å². The van der Waals surface area contributed by atoms with E-state index in [1.165, 1.54) is 25.7 Å². The molecule has 2 atom stereocenters. The maximum atomic E-state index is 12.2. The van der Waals surface area contributed by atoms with Crippen LogP contribution < -0.4 is 5.32 Å². The van der Waals surface area contributed by atoms with Crippen molar-refractivity contribution in [1.82, 2.24) is 5.32 Å². The topological polar surface area (TPSA) is 66.4 Å². The lowest BCUT2D eigenvalue weighted by Gasteiger charge is -2.29. The van der Waals surface area contributed by atoms with Gasteiger partial charge in [0, 0.05) is 13.0 Å². The molecule has 2 unspecified atom stereocenters. The maximum Gasteiger partial charge on any atom is 0.303 e. The van der Waals surface area contributed by atoms with Gasteiger partial charge in [0.05, 0.1) is 6.42 Å². The van der Waals surface area contributed by atoms with Crippen molar-refractivity contribution in [3.05, 3.63) is 0 Å². The number of carbonyl (C=O) groups is 2. The number of hydrogen-bond donors (Lipinski definition) is 2. The van der Waals surface area contributed by atoms with Crippen LogP contribution in [0.25, 0.3) is 0 Å². The molecule has 4 heteroatoms. The molecule has 0 radical (unpaired) electrons. The first-order valence-electron chi connectivity index (χ1n) is 8.48. The zero-order valence-corrected chi connectivity index (χ0v) is 13.2. The van der Waals surface area contributed by atoms with Gasteiger partial charge in [0.25, 0.3) is 0 Å². The Kier molecular flexibility index (Phi) is 5.65. The van der Waals surface area contributed by atoms with E-state index >= 15 is 0 Å². The second-order valence-electron chi connectivity index (χ2n) is 7.40. The molecule has 2 saturated carbocycles. The molecule has 2 N–H and O–H groups in total. The maximum absolute atomic E-state index is 12.2. The molecule has 1 amide bonds. The molecule has 0 aliphatic heterocycles. The van der Waals surface area contributed by atoms with Crippen LogP contribution in [0, 0.1) is 17.3 Å². The number of carbonyl (C=O) groups excluding carboxylic acids is 1. The molecule has 2 fully saturated rings. The van der Waals surface area contributed by atoms with Crippen molar-refractivity contribution in [3.63, 3.8) is 0 Å². The van der Waals surface area contributed by atoms with E-state index in [1.54, 1.807) is 0 Å². The van der Waals surface area contributed by atoms with Gasteiger partial charge in [-0.15, -0.1) is 0 Å². The number of rotatable bonds is 6. The highest BCUT2D eigenvalue weighted by atomic mass is 16.4. The minimum atomic E-state index is -0.772. The molecule has 2 rings (SSSR count). The molecule has 0 aromatic carbocycles. The van der Waals surface area contributed by atoms with Gasteiger partial charge in [-0.2, -0.15) is 0 Å². The van der Waals surface area contributed by atoms with E-state index in [2.05, 4.69) is 12.2 Å². The Labute approximate surface area is 127 Å². The number of hydrogen-bond acceptors (Lipinski definition) is 2. The van der Waals surface area contributed by atoms with Crippen molar-refractivity contribution in [3.8, 4) is 0 Å². The van der Waals surface area contributed by atoms with Gasteiger partial charge in [-0.25, -0.2) is 0 Å². The minimum Gasteiger partial charge on any atom is -0.481 e. The van der Waals surface area contributed by atoms with Gasteiger partial charge < -0.3 is 10.4 Å². The summed E-state index contributed by atoms with van der Waals surface area (Å²) in [6.45, 7) is 3.06. The van der Waals surface area contributed by atoms with E-state index in [9.17, 15) is 9.59 Å². The summed E-state index contributed by atoms with van der Waals surface area (Å²) in [6.07, 6.45) is 9.41. The number of carboxylic acids is 1. The number of aliphatic carboxylic acids is 1. The van der Waals surface area contributed by atoms with Gasteiger partial charge in [0.15, 0.2) is 0 Å². The van der Waals surface area contributed by atoms with E-state index in [4.69, 9.17) is 5.11 Å². The third kappa shape index (κ3) is 5.01. The summed E-state index contributed by atoms with van der Waals surface area (Å²) in [5.41, 5.74) is -0.282. The smallest absolute Gasteiger partial charge is 0.303 e. The number of nitrogens with one attached hydrogen (secondary N) is 1. The van der Waals surface area contributed by atoms with Crippen LogP contribution >= 0.6 is 0 Å². The number of carboxylic acid groups (broad SMARTS) is 1. The molecule has 0 aromatic heterocycles. The van der Waals surface area contributed by atoms with Gasteiger partial charge in [-0.1, -0.05) is 32.6 Å². The van der Waals surface area contributed by atoms with Crippen LogP contribution in [-0.2, 0) is 9.59 Å². The zero-order chi connectivity index (χ0) is 15.3. The Hall–Kier alpha value is -1.06. The highest BCUT2D eigenvalue weighted by Crippen LogP contribution is 2.44. The third-order valence-electron chi connectivity index (χ3n) is 5.36. The van der Waals surface area contributed by atoms with Crippen molar-refractivity contribution in [2.24, 2.45) is 17.3 Å². The Bertz CT molecular complexity index is 374. The molecule has 0 heterocycles. The summed E-state index contributed by atoms with van der Waals surface area (Å²) < 4.78 is 0. The van der Waals surface area contributed by atoms with Gasteiger partial charge in [-0.05, 0) is 42.9 Å². The van der Waals surface area contributed by atoms with Gasteiger partial charge in [-0.3, -0.25) is 9.59 Å². The van der Waals surface area contributed by atoms with E-state index < -0.39 is 5.97 Å². The summed E-state index contributed by atoms with van der Waals surface area (Å²) in [5.74, 6) is 0.660. The average molecular weight is 295 g/mol. The van der Waals surface area contributed by atoms with Crippen molar-refractivity contribution in [2.75, 3.05) is 6.54 Å². The Morgan fingerprint density at radius 1 is 1.14 bits per heavy atom. The first-order valence-corrected chi connectivity index (χ1v) is 8.48. The number of amides is 1. The molecule has 0 bridgehead atoms. The first-order chi connectivity index (χ1) is 9.99. The summed E-state index contributed by atoms with van der Waals surface area (Å²) in [5, 5.41) is 12.1. The van der Waals surface area contributed by atoms with E-state index in [0.29, 0.717) is 12.3 Å². The largest absolute Gasteiger partial charge is 0.481 e. The SMILES string of the molecule is CC1CCCC(CNC(=O)CC2(CC(=O)O)CCCC2)C1. The molecule has 2 aliphatic carbocycles. The Morgan fingerprint density at radius 2 is 1.86 bits per heavy atom. The quantitative estimate of drug-likeness (QED) is 0.789. The lowest BCUT2D eigenvalue weighted by molar-refractivity contribution is -0.140. The molecule has 0 aromatic rings. The minimum absolute atomic E-state index is 0.0522. The highest BCUT2D eigenvalue weighted by Gasteiger charge is 2.38. The molecule has 2 aliphatic rings. The monoisotopic (exact) mass is 295 g/mol. The van der Waals surface area contributed by atoms with Gasteiger partial charge >= 0.3 is 5.97 Å². The average Bonchev–Trinajstić information content (AvgIpc) is 2.83. The molecule has 4 nitrogen and oxygen atoms in total. The van der Waals surface area contributed by atoms with E-state index in [-0.39, 0.29) is 17.7 Å². The van der Waals surface area contributed by atoms with Gasteiger partial charge in [0.1, 0.15) is 0 Å². The zero-order valence-electron chi connectivity index (χ0n) is 13.2. The van der Waals surface area contributed by atoms with Crippen LogP contribution in [0.4, 0.5) is 0 Å². The molecule has 120 valence electrons. The van der Waals surface area contributed by atoms with Crippen LogP contribution in [0.1, 0.15) is 71.1 Å². The second kappa shape index (κ2) is 7.28. The fourth-order valence-electron chi connectivity index (χ4n) is 4.27. The molecule has 0 spiro atoms. The second-order valence-corrected chi connectivity index (χ2v) is 7.40. The van der Waals surface area contributed by atoms with Crippen LogP contribution in [-0.4, -0.2) is 23.5 Å². The van der Waals surface area contributed by atoms with Crippen molar-refractivity contribution in [1.29, 1.82) is 0 Å². The van der Waals surface area contributed by atoms with E-state index in [0.717, 1.165) is 38.1 Å². The molecule has 0 saturated heterocycles. The fraction of sp³-hybridized carbons (Fsp3) is 0.882. The lowest BCUT2D eigenvalue weighted by atomic mass is 9.79. The van der Waals surface area contributed by atoms with E-state index in [1.807, 2.05) is 0 Å². The summed E-state index contributed by atoms with van der Waals surface area (Å²) in [6, 6.07) is 0. The molecule has 21 heavy (non-hydrogen) atoms. The summed E-state index contributed by atoms with van der Waals surface area (Å²) >= 11 is 0. The normalized spacial score (nSPS) is 28.2. The van der Waals surface area contributed by atoms with Crippen molar-refractivity contribution in [2.45, 2.75) is 71.1 Å². The molecular formula is C17H29NO3.